The van der Waals surface area contributed by atoms with E-state index in [1.807, 2.05) is 22.9 Å². The molecule has 17 nitrogen and oxygen atoms in total. The Morgan fingerprint density at radius 1 is 0.804 bits per heavy atom. The highest BCUT2D eigenvalue weighted by molar-refractivity contribution is 5.95. The maximum Gasteiger partial charge on any atom is 0.244 e. The van der Waals surface area contributed by atoms with Crippen LogP contribution in [0.1, 0.15) is 11.1 Å². The van der Waals surface area contributed by atoms with Gasteiger partial charge < -0.3 is 43.9 Å². The molecule has 3 aromatic heterocycles. The highest BCUT2D eigenvalue weighted by Gasteiger charge is 2.27. The van der Waals surface area contributed by atoms with Gasteiger partial charge in [0.2, 0.25) is 17.8 Å². The van der Waals surface area contributed by atoms with Gasteiger partial charge in [-0.2, -0.15) is 15.2 Å². The predicted octanol–water partition coefficient (Wildman–Crippen LogP) is 1.70. The predicted molar refractivity (Wildman–Crippen MR) is 191 cm³/mol. The van der Waals surface area contributed by atoms with E-state index in [2.05, 4.69) is 25.2 Å². The van der Waals surface area contributed by atoms with E-state index in [1.165, 1.54) is 12.1 Å². The number of nitrogens with one attached hydrogen (secondary N) is 1. The zero-order valence-electron chi connectivity index (χ0n) is 29.9. The number of benzene rings is 1. The second-order valence-electron chi connectivity index (χ2n) is 11.8. The molecule has 0 amide bonds. The smallest absolute Gasteiger partial charge is 0.244 e. The second kappa shape index (κ2) is 18.3. The van der Waals surface area contributed by atoms with Crippen LogP contribution < -0.4 is 24.9 Å². The van der Waals surface area contributed by atoms with Crippen LogP contribution in [0.15, 0.2) is 24.5 Å². The van der Waals surface area contributed by atoms with Gasteiger partial charge in [-0.1, -0.05) is 6.07 Å². The van der Waals surface area contributed by atoms with Crippen molar-refractivity contribution in [2.45, 2.75) is 6.54 Å². The van der Waals surface area contributed by atoms with Crippen LogP contribution in [-0.4, -0.2) is 142 Å². The molecule has 4 heterocycles. The molecular weight excluding hydrogens is 661 g/mol. The quantitative estimate of drug-likeness (QED) is 0.149. The third kappa shape index (κ3) is 9.43. The van der Waals surface area contributed by atoms with E-state index in [1.54, 1.807) is 45.5 Å². The molecule has 1 N–H and O–H groups in total. The summed E-state index contributed by atoms with van der Waals surface area (Å²) in [5.74, 6) is 2.14. The highest BCUT2D eigenvalue weighted by Crippen LogP contribution is 2.32. The van der Waals surface area contributed by atoms with Gasteiger partial charge in [-0.05, 0) is 17.7 Å². The van der Waals surface area contributed by atoms with Gasteiger partial charge in [0.15, 0.2) is 11.6 Å². The molecule has 0 bridgehead atoms. The molecule has 0 radical (unpaired) electrons. The van der Waals surface area contributed by atoms with E-state index in [-0.39, 0.29) is 12.1 Å². The molecule has 18 heteroatoms. The molecule has 0 spiro atoms. The monoisotopic (exact) mass is 707 g/mol. The molecule has 1 aliphatic rings. The first kappa shape index (κ1) is 37.3. The van der Waals surface area contributed by atoms with E-state index < -0.39 is 5.82 Å². The fourth-order valence-electron chi connectivity index (χ4n) is 5.58. The Bertz CT molecular complexity index is 1750. The SMILES string of the molecule is COCCN(CCOC)c1nc(N2CCN(c3ncn(C)n3)CC2)c2nc(N(CCOC)CCOC)nc(NCc3ccc(F)c(C#N)c3)c2n1. The Hall–Kier alpha value is -4.96. The van der Waals surface area contributed by atoms with Crippen LogP contribution in [0.3, 0.4) is 0 Å². The summed E-state index contributed by atoms with van der Waals surface area (Å²) in [5, 5.41) is 17.4. The van der Waals surface area contributed by atoms with Gasteiger partial charge in [0.05, 0.1) is 32.0 Å². The van der Waals surface area contributed by atoms with Crippen molar-refractivity contribution >= 4 is 40.5 Å². The summed E-state index contributed by atoms with van der Waals surface area (Å²) in [4.78, 5) is 33.1. The van der Waals surface area contributed by atoms with Gasteiger partial charge in [0, 0.05) is 94.4 Å². The molecule has 1 fully saturated rings. The second-order valence-corrected chi connectivity index (χ2v) is 11.8. The lowest BCUT2D eigenvalue weighted by molar-refractivity contribution is 0.189. The molecule has 274 valence electrons. The van der Waals surface area contributed by atoms with Crippen LogP contribution in [0.25, 0.3) is 11.0 Å². The van der Waals surface area contributed by atoms with Crippen molar-refractivity contribution in [3.8, 4) is 6.07 Å². The standard InChI is InChI=1S/C33H46FN13O4/c1-43-23-37-31(42-43)45-10-8-44(9-11-45)30-28-27(38-33(41-30)47(14-18-50-4)15-19-51-5)29(36-22-24-6-7-26(34)25(20-24)21-35)40-32(39-28)46(12-16-48-2)13-17-49-3/h6-7,20,23H,8-19,22H2,1-5H3,(H,36,39,40). The molecule has 0 aliphatic carbocycles. The van der Waals surface area contributed by atoms with Crippen LogP contribution in [0, 0.1) is 17.1 Å². The van der Waals surface area contributed by atoms with Gasteiger partial charge in [0.1, 0.15) is 29.2 Å². The van der Waals surface area contributed by atoms with Gasteiger partial charge in [-0.3, -0.25) is 4.68 Å². The first-order chi connectivity index (χ1) is 24.9. The number of methoxy groups -OCH3 is 4. The number of aromatic nitrogens is 7. The van der Waals surface area contributed by atoms with E-state index in [0.717, 1.165) is 0 Å². The number of rotatable bonds is 19. The topological polar surface area (TPSA) is 168 Å². The molecule has 5 rings (SSSR count). The van der Waals surface area contributed by atoms with E-state index in [0.29, 0.717) is 125 Å². The molecule has 1 aromatic carbocycles. The van der Waals surface area contributed by atoms with Crippen LogP contribution in [0.2, 0.25) is 0 Å². The minimum absolute atomic E-state index is 0.0355. The van der Waals surface area contributed by atoms with Crippen LogP contribution in [0.5, 0.6) is 0 Å². The van der Waals surface area contributed by atoms with Crippen molar-refractivity contribution in [1.29, 1.82) is 5.26 Å². The lowest BCUT2D eigenvalue weighted by atomic mass is 10.1. The number of nitriles is 1. The average molecular weight is 708 g/mol. The summed E-state index contributed by atoms with van der Waals surface area (Å²) in [6.07, 6.45) is 1.69. The third-order valence-electron chi connectivity index (χ3n) is 8.39. The Morgan fingerprint density at radius 2 is 1.37 bits per heavy atom. The zero-order valence-corrected chi connectivity index (χ0v) is 29.9. The van der Waals surface area contributed by atoms with E-state index in [9.17, 15) is 9.65 Å². The van der Waals surface area contributed by atoms with Gasteiger partial charge >= 0.3 is 0 Å². The number of ether oxygens (including phenoxy) is 4. The molecule has 0 unspecified atom stereocenters. The largest absolute Gasteiger partial charge is 0.383 e. The van der Waals surface area contributed by atoms with Crippen LogP contribution >= 0.6 is 0 Å². The summed E-state index contributed by atoms with van der Waals surface area (Å²) >= 11 is 0. The zero-order chi connectivity index (χ0) is 36.2. The minimum Gasteiger partial charge on any atom is -0.383 e. The van der Waals surface area contributed by atoms with Crippen molar-refractivity contribution in [1.82, 2.24) is 34.7 Å². The van der Waals surface area contributed by atoms with E-state index in [4.69, 9.17) is 38.9 Å². The van der Waals surface area contributed by atoms with Gasteiger partial charge in [0.25, 0.3) is 0 Å². The highest BCUT2D eigenvalue weighted by atomic mass is 19.1. The first-order valence-electron chi connectivity index (χ1n) is 16.7. The number of halogens is 1. The molecular formula is C33H46FN13O4. The number of piperazine rings is 1. The van der Waals surface area contributed by atoms with Crippen molar-refractivity contribution < 1.29 is 23.3 Å². The molecule has 0 saturated carbocycles. The summed E-state index contributed by atoms with van der Waals surface area (Å²) < 4.78 is 37.6. The van der Waals surface area contributed by atoms with Crippen molar-refractivity contribution in [2.24, 2.45) is 7.05 Å². The third-order valence-corrected chi connectivity index (χ3v) is 8.39. The molecule has 51 heavy (non-hydrogen) atoms. The van der Waals surface area contributed by atoms with Crippen molar-refractivity contribution in [3.63, 3.8) is 0 Å². The average Bonchev–Trinajstić information content (AvgIpc) is 3.60. The van der Waals surface area contributed by atoms with E-state index >= 15 is 0 Å². The van der Waals surface area contributed by atoms with Gasteiger partial charge in [-0.15, -0.1) is 5.10 Å². The number of aryl methyl sites for hydroxylation is 1. The Morgan fingerprint density at radius 3 is 1.92 bits per heavy atom. The summed E-state index contributed by atoms with van der Waals surface area (Å²) in [6.45, 7) is 6.73. The molecule has 1 saturated heterocycles. The summed E-state index contributed by atoms with van der Waals surface area (Å²) in [5.41, 5.74) is 1.73. The Labute approximate surface area is 296 Å². The maximum absolute atomic E-state index is 14.2. The number of nitrogens with zero attached hydrogens (tertiary/aromatic N) is 12. The fourth-order valence-corrected chi connectivity index (χ4v) is 5.58. The lowest BCUT2D eigenvalue weighted by Gasteiger charge is -2.35. The summed E-state index contributed by atoms with van der Waals surface area (Å²) in [6, 6.07) is 6.36. The normalized spacial score (nSPS) is 13.1. The van der Waals surface area contributed by atoms with Crippen LogP contribution in [0.4, 0.5) is 33.9 Å². The van der Waals surface area contributed by atoms with Crippen molar-refractivity contribution in [2.75, 3.05) is 132 Å². The number of anilines is 5. The number of hydrogen-bond donors (Lipinski definition) is 1. The van der Waals surface area contributed by atoms with Gasteiger partial charge in [-0.25, -0.2) is 19.3 Å². The Balaban J connectivity index is 1.64. The number of hydrogen-bond acceptors (Lipinski definition) is 16. The molecule has 1 aliphatic heterocycles. The van der Waals surface area contributed by atoms with Crippen LogP contribution in [-0.2, 0) is 32.5 Å². The Kier molecular flexibility index (Phi) is 13.4. The lowest BCUT2D eigenvalue weighted by Crippen LogP contribution is -2.47. The fraction of sp³-hybridized carbons (Fsp3) is 0.545. The first-order valence-corrected chi connectivity index (χ1v) is 16.7. The number of fused-ring (bicyclic) bond motifs is 1. The summed E-state index contributed by atoms with van der Waals surface area (Å²) in [7, 11) is 8.45. The minimum atomic E-state index is -0.573. The van der Waals surface area contributed by atoms with Crippen molar-refractivity contribution in [3.05, 3.63) is 41.5 Å². The molecule has 4 aromatic rings. The molecule has 0 atom stereocenters. The maximum atomic E-state index is 14.2.